The number of carbonyl (C=O) groups is 1. The van der Waals surface area contributed by atoms with E-state index < -0.39 is 10.0 Å². The van der Waals surface area contributed by atoms with Crippen LogP contribution in [0.5, 0.6) is 0 Å². The summed E-state index contributed by atoms with van der Waals surface area (Å²) < 4.78 is 24.9. The zero-order valence-corrected chi connectivity index (χ0v) is 14.0. The average Bonchev–Trinajstić information content (AvgIpc) is 2.36. The van der Waals surface area contributed by atoms with Crippen LogP contribution in [-0.4, -0.2) is 33.2 Å². The number of para-hydroxylation sites is 1. The third-order valence-electron chi connectivity index (χ3n) is 2.94. The number of sulfonamides is 1. The van der Waals surface area contributed by atoms with Crippen LogP contribution in [0.4, 0.5) is 5.69 Å². The first-order chi connectivity index (χ1) is 9.75. The first-order valence-corrected chi connectivity index (χ1v) is 9.00. The number of carbonyl (C=O) groups excluding carboxylic acids is 1. The molecule has 0 aliphatic heterocycles. The van der Waals surface area contributed by atoms with Gasteiger partial charge >= 0.3 is 0 Å². The number of amides is 1. The molecule has 1 rings (SSSR count). The SMILES string of the molecule is CCCC(C)NC(=O)CN(c1ccccc1Cl)S(C)(=O)=O. The molecule has 1 aromatic carbocycles. The number of hydrogen-bond donors (Lipinski definition) is 1. The molecule has 0 spiro atoms. The van der Waals surface area contributed by atoms with Gasteiger partial charge in [0.05, 0.1) is 17.0 Å². The summed E-state index contributed by atoms with van der Waals surface area (Å²) in [7, 11) is -3.60. The second-order valence-electron chi connectivity index (χ2n) is 4.98. The lowest BCUT2D eigenvalue weighted by Gasteiger charge is -2.23. The smallest absolute Gasteiger partial charge is 0.240 e. The predicted octanol–water partition coefficient (Wildman–Crippen LogP) is 2.41. The zero-order valence-electron chi connectivity index (χ0n) is 12.5. The highest BCUT2D eigenvalue weighted by Crippen LogP contribution is 2.26. The van der Waals surface area contributed by atoms with Gasteiger partial charge in [0.1, 0.15) is 6.54 Å². The highest BCUT2D eigenvalue weighted by Gasteiger charge is 2.23. The Balaban J connectivity index is 2.92. The molecule has 7 heteroatoms. The molecule has 118 valence electrons. The summed E-state index contributed by atoms with van der Waals surface area (Å²) in [6.07, 6.45) is 2.84. The monoisotopic (exact) mass is 332 g/mol. The van der Waals surface area contributed by atoms with Gasteiger partial charge in [0.15, 0.2) is 0 Å². The number of halogens is 1. The van der Waals surface area contributed by atoms with Crippen LogP contribution in [0.25, 0.3) is 0 Å². The van der Waals surface area contributed by atoms with Gasteiger partial charge in [0.25, 0.3) is 0 Å². The van der Waals surface area contributed by atoms with Gasteiger partial charge in [-0.3, -0.25) is 9.10 Å². The number of nitrogens with one attached hydrogen (secondary N) is 1. The van der Waals surface area contributed by atoms with Gasteiger partial charge in [-0.25, -0.2) is 8.42 Å². The fourth-order valence-corrected chi connectivity index (χ4v) is 3.15. The van der Waals surface area contributed by atoms with Crippen molar-refractivity contribution in [1.82, 2.24) is 5.32 Å². The Morgan fingerprint density at radius 3 is 2.52 bits per heavy atom. The lowest BCUT2D eigenvalue weighted by molar-refractivity contribution is -0.120. The first-order valence-electron chi connectivity index (χ1n) is 6.77. The Labute approximate surface area is 131 Å². The highest BCUT2D eigenvalue weighted by atomic mass is 35.5. The Kier molecular flexibility index (Phi) is 6.48. The molecule has 0 radical (unpaired) electrons. The second kappa shape index (κ2) is 7.66. The van der Waals surface area contributed by atoms with Gasteiger partial charge in [0.2, 0.25) is 15.9 Å². The molecule has 1 atom stereocenters. The Morgan fingerprint density at radius 1 is 1.38 bits per heavy atom. The van der Waals surface area contributed by atoms with E-state index in [2.05, 4.69) is 5.32 Å². The van der Waals surface area contributed by atoms with Crippen LogP contribution < -0.4 is 9.62 Å². The summed E-state index contributed by atoms with van der Waals surface area (Å²) >= 11 is 6.03. The molecule has 0 saturated carbocycles. The third kappa shape index (κ3) is 5.55. The van der Waals surface area contributed by atoms with E-state index in [1.807, 2.05) is 13.8 Å². The van der Waals surface area contributed by atoms with Gasteiger partial charge < -0.3 is 5.32 Å². The van der Waals surface area contributed by atoms with Crippen molar-refractivity contribution in [1.29, 1.82) is 0 Å². The minimum absolute atomic E-state index is 0.00940. The molecule has 0 aromatic heterocycles. The molecule has 1 aromatic rings. The molecule has 0 aliphatic carbocycles. The quantitative estimate of drug-likeness (QED) is 0.833. The average molecular weight is 333 g/mol. The van der Waals surface area contributed by atoms with Crippen molar-refractivity contribution >= 4 is 33.2 Å². The summed E-state index contributed by atoms with van der Waals surface area (Å²) in [5.41, 5.74) is 0.306. The molecule has 1 N–H and O–H groups in total. The zero-order chi connectivity index (χ0) is 16.0. The molecular weight excluding hydrogens is 312 g/mol. The van der Waals surface area contributed by atoms with Crippen molar-refractivity contribution in [2.24, 2.45) is 0 Å². The van der Waals surface area contributed by atoms with E-state index >= 15 is 0 Å². The standard InChI is InChI=1S/C14H21ClN2O3S/c1-4-7-11(2)16-14(18)10-17(21(3,19)20)13-9-6-5-8-12(13)15/h5-6,8-9,11H,4,7,10H2,1-3H3,(H,16,18). The van der Waals surface area contributed by atoms with Crippen LogP contribution in [0.1, 0.15) is 26.7 Å². The van der Waals surface area contributed by atoms with Crippen LogP contribution in [0.15, 0.2) is 24.3 Å². The lowest BCUT2D eigenvalue weighted by Crippen LogP contribution is -2.43. The van der Waals surface area contributed by atoms with E-state index in [9.17, 15) is 13.2 Å². The van der Waals surface area contributed by atoms with Crippen LogP contribution in [0.3, 0.4) is 0 Å². The molecule has 5 nitrogen and oxygen atoms in total. The van der Waals surface area contributed by atoms with Gasteiger partial charge in [-0.1, -0.05) is 37.1 Å². The summed E-state index contributed by atoms with van der Waals surface area (Å²) in [6.45, 7) is 3.63. The van der Waals surface area contributed by atoms with Crippen LogP contribution in [0.2, 0.25) is 5.02 Å². The van der Waals surface area contributed by atoms with E-state index in [-0.39, 0.29) is 23.5 Å². The van der Waals surface area contributed by atoms with Crippen molar-refractivity contribution < 1.29 is 13.2 Å². The number of nitrogens with zero attached hydrogens (tertiary/aromatic N) is 1. The van der Waals surface area contributed by atoms with Crippen LogP contribution in [0, 0.1) is 0 Å². The summed E-state index contributed by atoms with van der Waals surface area (Å²) in [4.78, 5) is 12.0. The number of anilines is 1. The normalized spacial score (nSPS) is 12.8. The molecule has 21 heavy (non-hydrogen) atoms. The molecule has 0 aliphatic rings. The number of benzene rings is 1. The largest absolute Gasteiger partial charge is 0.352 e. The second-order valence-corrected chi connectivity index (χ2v) is 7.29. The Bertz CT molecular complexity index is 590. The summed E-state index contributed by atoms with van der Waals surface area (Å²) in [5.74, 6) is -0.346. The Morgan fingerprint density at radius 2 is 2.00 bits per heavy atom. The maximum absolute atomic E-state index is 12.0. The van der Waals surface area contributed by atoms with Crippen LogP contribution >= 0.6 is 11.6 Å². The molecular formula is C14H21ClN2O3S. The van der Waals surface area contributed by atoms with Gasteiger partial charge in [-0.15, -0.1) is 0 Å². The fourth-order valence-electron chi connectivity index (χ4n) is 1.99. The number of rotatable bonds is 7. The van der Waals surface area contributed by atoms with E-state index in [4.69, 9.17) is 11.6 Å². The van der Waals surface area contributed by atoms with Crippen molar-refractivity contribution in [2.45, 2.75) is 32.7 Å². The molecule has 1 amide bonds. The summed E-state index contributed by atoms with van der Waals surface area (Å²) in [5, 5.41) is 3.07. The summed E-state index contributed by atoms with van der Waals surface area (Å²) in [6, 6.07) is 6.56. The van der Waals surface area contributed by atoms with E-state index in [1.165, 1.54) is 0 Å². The highest BCUT2D eigenvalue weighted by molar-refractivity contribution is 7.92. The predicted molar refractivity (Wildman–Crippen MR) is 86.2 cm³/mol. The molecule has 0 fully saturated rings. The van der Waals surface area contributed by atoms with Crippen molar-refractivity contribution in [2.75, 3.05) is 17.1 Å². The van der Waals surface area contributed by atoms with Gasteiger partial charge in [0, 0.05) is 6.04 Å². The maximum atomic E-state index is 12.0. The molecule has 0 bridgehead atoms. The van der Waals surface area contributed by atoms with Crippen molar-refractivity contribution in [3.8, 4) is 0 Å². The molecule has 0 saturated heterocycles. The molecule has 0 heterocycles. The number of hydrogen-bond acceptors (Lipinski definition) is 3. The van der Waals surface area contributed by atoms with Crippen molar-refractivity contribution in [3.63, 3.8) is 0 Å². The van der Waals surface area contributed by atoms with E-state index in [0.717, 1.165) is 23.4 Å². The molecule has 1 unspecified atom stereocenters. The minimum atomic E-state index is -3.60. The van der Waals surface area contributed by atoms with E-state index in [0.29, 0.717) is 5.69 Å². The lowest BCUT2D eigenvalue weighted by atomic mass is 10.2. The van der Waals surface area contributed by atoms with Crippen LogP contribution in [-0.2, 0) is 14.8 Å². The topological polar surface area (TPSA) is 66.5 Å². The Hall–Kier alpha value is -1.27. The fraction of sp³-hybridized carbons (Fsp3) is 0.500. The first kappa shape index (κ1) is 17.8. The van der Waals surface area contributed by atoms with Crippen molar-refractivity contribution in [3.05, 3.63) is 29.3 Å². The van der Waals surface area contributed by atoms with E-state index in [1.54, 1.807) is 24.3 Å². The third-order valence-corrected chi connectivity index (χ3v) is 4.38. The maximum Gasteiger partial charge on any atom is 0.240 e. The van der Waals surface area contributed by atoms with Gasteiger partial charge in [-0.05, 0) is 25.5 Å². The van der Waals surface area contributed by atoms with Gasteiger partial charge in [-0.2, -0.15) is 0 Å². The minimum Gasteiger partial charge on any atom is -0.352 e.